The van der Waals surface area contributed by atoms with Gasteiger partial charge in [0.15, 0.2) is 0 Å². The Balaban J connectivity index is 2.29. The lowest BCUT2D eigenvalue weighted by molar-refractivity contribution is 0.198. The zero-order valence-electron chi connectivity index (χ0n) is 12.0. The van der Waals surface area contributed by atoms with Crippen molar-refractivity contribution >= 4 is 0 Å². The van der Waals surface area contributed by atoms with Crippen LogP contribution in [0, 0.1) is 13.8 Å². The summed E-state index contributed by atoms with van der Waals surface area (Å²) < 4.78 is 5.00. The van der Waals surface area contributed by atoms with Crippen LogP contribution in [0.3, 0.4) is 0 Å². The molecule has 0 bridgehead atoms. The van der Waals surface area contributed by atoms with E-state index in [9.17, 15) is 0 Å². The summed E-state index contributed by atoms with van der Waals surface area (Å²) in [5.41, 5.74) is 4.14. The number of benzene rings is 1. The van der Waals surface area contributed by atoms with E-state index in [4.69, 9.17) is 4.74 Å². The zero-order chi connectivity index (χ0) is 13.4. The minimum absolute atomic E-state index is 0.460. The Bertz CT molecular complexity index is 352. The highest BCUT2D eigenvalue weighted by molar-refractivity contribution is 5.32. The van der Waals surface area contributed by atoms with Gasteiger partial charge in [0, 0.05) is 32.8 Å². The van der Waals surface area contributed by atoms with Crippen molar-refractivity contribution in [2.75, 3.05) is 26.8 Å². The predicted molar refractivity (Wildman–Crippen MR) is 77.0 cm³/mol. The average Bonchev–Trinajstić information content (AvgIpc) is 2.36. The maximum atomic E-state index is 5.00. The zero-order valence-corrected chi connectivity index (χ0v) is 12.0. The van der Waals surface area contributed by atoms with Crippen LogP contribution in [0.5, 0.6) is 0 Å². The molecule has 0 spiro atoms. The topological polar surface area (TPSA) is 33.3 Å². The molecule has 0 fully saturated rings. The summed E-state index contributed by atoms with van der Waals surface area (Å²) in [6, 6.07) is 6.94. The molecule has 0 heterocycles. The van der Waals surface area contributed by atoms with Gasteiger partial charge in [-0.3, -0.25) is 0 Å². The molecule has 0 saturated heterocycles. The molecule has 0 aliphatic rings. The molecule has 1 aromatic rings. The molecule has 18 heavy (non-hydrogen) atoms. The van der Waals surface area contributed by atoms with Crippen LogP contribution >= 0.6 is 0 Å². The van der Waals surface area contributed by atoms with E-state index in [0.717, 1.165) is 26.2 Å². The largest absolute Gasteiger partial charge is 0.383 e. The van der Waals surface area contributed by atoms with Gasteiger partial charge < -0.3 is 15.4 Å². The molecule has 3 heteroatoms. The fourth-order valence-electron chi connectivity index (χ4n) is 1.85. The smallest absolute Gasteiger partial charge is 0.0587 e. The van der Waals surface area contributed by atoms with Crippen molar-refractivity contribution in [3.05, 3.63) is 34.9 Å². The number of aryl methyl sites for hydroxylation is 1. The third kappa shape index (κ3) is 5.17. The lowest BCUT2D eigenvalue weighted by Crippen LogP contribution is -2.37. The second kappa shape index (κ2) is 8.25. The number of nitrogens with one attached hydrogen (secondary N) is 2. The van der Waals surface area contributed by atoms with Crippen molar-refractivity contribution in [1.82, 2.24) is 10.6 Å². The summed E-state index contributed by atoms with van der Waals surface area (Å²) in [7, 11) is 1.73. The van der Waals surface area contributed by atoms with Crippen molar-refractivity contribution in [1.29, 1.82) is 0 Å². The van der Waals surface area contributed by atoms with Crippen LogP contribution in [0.1, 0.15) is 23.6 Å². The van der Waals surface area contributed by atoms with Gasteiger partial charge in [0.1, 0.15) is 0 Å². The first-order valence-electron chi connectivity index (χ1n) is 6.63. The molecular weight excluding hydrogens is 224 g/mol. The highest BCUT2D eigenvalue weighted by Crippen LogP contribution is 2.12. The van der Waals surface area contributed by atoms with Gasteiger partial charge in [0.2, 0.25) is 0 Å². The summed E-state index contributed by atoms with van der Waals surface area (Å²) >= 11 is 0. The summed E-state index contributed by atoms with van der Waals surface area (Å²) in [5.74, 6) is 0. The maximum Gasteiger partial charge on any atom is 0.0587 e. The number of rotatable bonds is 8. The van der Waals surface area contributed by atoms with E-state index < -0.39 is 0 Å². The molecule has 0 aliphatic carbocycles. The molecular formula is C15H26N2O. The average molecular weight is 250 g/mol. The van der Waals surface area contributed by atoms with Crippen molar-refractivity contribution in [2.24, 2.45) is 0 Å². The highest BCUT2D eigenvalue weighted by Gasteiger charge is 2.03. The fraction of sp³-hybridized carbons (Fsp3) is 0.600. The number of ether oxygens (including phenoxy) is 1. The minimum Gasteiger partial charge on any atom is -0.383 e. The second-order valence-electron chi connectivity index (χ2n) is 4.84. The van der Waals surface area contributed by atoms with E-state index >= 15 is 0 Å². The first-order chi connectivity index (χ1) is 8.65. The van der Waals surface area contributed by atoms with E-state index in [2.05, 4.69) is 49.6 Å². The van der Waals surface area contributed by atoms with E-state index in [1.54, 1.807) is 7.11 Å². The molecule has 0 aliphatic heterocycles. The minimum atomic E-state index is 0.460. The van der Waals surface area contributed by atoms with E-state index in [1.807, 2.05) is 0 Å². The lowest BCUT2D eigenvalue weighted by atomic mass is 10.0. The van der Waals surface area contributed by atoms with Gasteiger partial charge in [0.05, 0.1) is 6.61 Å². The van der Waals surface area contributed by atoms with Crippen molar-refractivity contribution < 1.29 is 4.74 Å². The van der Waals surface area contributed by atoms with Crippen LogP contribution in [-0.2, 0) is 11.3 Å². The van der Waals surface area contributed by atoms with Crippen LogP contribution in [0.4, 0.5) is 0 Å². The number of methoxy groups -OCH3 is 1. The van der Waals surface area contributed by atoms with Crippen LogP contribution in [0.15, 0.2) is 18.2 Å². The number of hydrogen-bond acceptors (Lipinski definition) is 3. The Morgan fingerprint density at radius 2 is 2.06 bits per heavy atom. The molecule has 2 N–H and O–H groups in total. The molecule has 0 aromatic heterocycles. The summed E-state index contributed by atoms with van der Waals surface area (Å²) in [4.78, 5) is 0. The number of hydrogen-bond donors (Lipinski definition) is 2. The normalized spacial score (nSPS) is 12.7. The fourth-order valence-corrected chi connectivity index (χ4v) is 1.85. The van der Waals surface area contributed by atoms with Gasteiger partial charge >= 0.3 is 0 Å². The maximum absolute atomic E-state index is 5.00. The van der Waals surface area contributed by atoms with E-state index in [1.165, 1.54) is 16.7 Å². The van der Waals surface area contributed by atoms with E-state index in [-0.39, 0.29) is 0 Å². The first kappa shape index (κ1) is 15.2. The third-order valence-corrected chi connectivity index (χ3v) is 3.29. The molecule has 0 saturated carbocycles. The molecule has 0 amide bonds. The highest BCUT2D eigenvalue weighted by atomic mass is 16.5. The molecule has 1 rings (SSSR count). The van der Waals surface area contributed by atoms with Crippen molar-refractivity contribution in [3.8, 4) is 0 Å². The Hall–Kier alpha value is -0.900. The van der Waals surface area contributed by atoms with Gasteiger partial charge in [-0.05, 0) is 37.5 Å². The van der Waals surface area contributed by atoms with Crippen LogP contribution in [0.25, 0.3) is 0 Å². The summed E-state index contributed by atoms with van der Waals surface area (Å²) in [6.07, 6.45) is 0. The first-order valence-corrected chi connectivity index (χ1v) is 6.63. The molecule has 102 valence electrons. The standard InChI is InChI=1S/C15H26N2O/c1-12-6-5-7-15(14(12)3)11-17-13(2)10-16-8-9-18-4/h5-7,13,16-17H,8-11H2,1-4H3. The lowest BCUT2D eigenvalue weighted by Gasteiger charge is -2.16. The second-order valence-corrected chi connectivity index (χ2v) is 4.84. The molecule has 0 radical (unpaired) electrons. The monoisotopic (exact) mass is 250 g/mol. The van der Waals surface area contributed by atoms with E-state index in [0.29, 0.717) is 6.04 Å². The Morgan fingerprint density at radius 1 is 1.28 bits per heavy atom. The Labute approximate surface area is 111 Å². The summed E-state index contributed by atoms with van der Waals surface area (Å²) in [5, 5.41) is 6.90. The Kier molecular flexibility index (Phi) is 6.94. The van der Waals surface area contributed by atoms with Crippen LogP contribution < -0.4 is 10.6 Å². The Morgan fingerprint density at radius 3 is 2.78 bits per heavy atom. The van der Waals surface area contributed by atoms with Crippen LogP contribution in [0.2, 0.25) is 0 Å². The summed E-state index contributed by atoms with van der Waals surface area (Å²) in [6.45, 7) is 10.1. The molecule has 1 aromatic carbocycles. The van der Waals surface area contributed by atoms with Gasteiger partial charge in [-0.2, -0.15) is 0 Å². The quantitative estimate of drug-likeness (QED) is 0.693. The van der Waals surface area contributed by atoms with Gasteiger partial charge in [-0.25, -0.2) is 0 Å². The van der Waals surface area contributed by atoms with Crippen molar-refractivity contribution in [2.45, 2.75) is 33.4 Å². The molecule has 3 nitrogen and oxygen atoms in total. The van der Waals surface area contributed by atoms with Gasteiger partial charge in [-0.1, -0.05) is 18.2 Å². The van der Waals surface area contributed by atoms with Crippen LogP contribution in [-0.4, -0.2) is 32.8 Å². The molecule has 1 unspecified atom stereocenters. The molecule has 1 atom stereocenters. The SMILES string of the molecule is COCCNCC(C)NCc1cccc(C)c1C. The van der Waals surface area contributed by atoms with Gasteiger partial charge in [0.25, 0.3) is 0 Å². The van der Waals surface area contributed by atoms with Gasteiger partial charge in [-0.15, -0.1) is 0 Å². The third-order valence-electron chi connectivity index (χ3n) is 3.29. The predicted octanol–water partition coefficient (Wildman–Crippen LogP) is 2.02. The van der Waals surface area contributed by atoms with Crippen molar-refractivity contribution in [3.63, 3.8) is 0 Å².